The molecule has 1 aromatic heterocycles. The number of piperazine rings is 1. The Morgan fingerprint density at radius 2 is 1.85 bits per heavy atom. The molecule has 27 heavy (non-hydrogen) atoms. The molecule has 4 rings (SSSR count). The Labute approximate surface area is 167 Å². The van der Waals surface area contributed by atoms with E-state index in [0.717, 1.165) is 26.2 Å². The van der Waals surface area contributed by atoms with Crippen LogP contribution in [0.15, 0.2) is 45.8 Å². The van der Waals surface area contributed by atoms with Gasteiger partial charge in [-0.05, 0) is 18.2 Å². The molecule has 0 bridgehead atoms. The third-order valence-corrected chi connectivity index (χ3v) is 6.37. The molecule has 0 unspecified atom stereocenters. The van der Waals surface area contributed by atoms with Crippen molar-refractivity contribution in [1.82, 2.24) is 9.88 Å². The molecule has 142 valence electrons. The van der Waals surface area contributed by atoms with Crippen LogP contribution in [0.1, 0.15) is 0 Å². The van der Waals surface area contributed by atoms with E-state index in [1.54, 1.807) is 36.5 Å². The van der Waals surface area contributed by atoms with Gasteiger partial charge in [-0.2, -0.15) is 8.42 Å². The average Bonchev–Trinajstić information content (AvgIpc) is 2.62. The minimum absolute atomic E-state index is 0.210. The second-order valence-electron chi connectivity index (χ2n) is 6.36. The Kier molecular flexibility index (Phi) is 4.98. The topological polar surface area (TPSA) is 77.9 Å². The zero-order valence-electron chi connectivity index (χ0n) is 14.3. The summed E-state index contributed by atoms with van der Waals surface area (Å²) in [4.78, 5) is 8.77. The summed E-state index contributed by atoms with van der Waals surface area (Å²) in [6, 6.07) is 8.47. The van der Waals surface area contributed by atoms with Gasteiger partial charge in [0.05, 0.1) is 22.3 Å². The van der Waals surface area contributed by atoms with Gasteiger partial charge in [-0.3, -0.25) is 4.90 Å². The van der Waals surface area contributed by atoms with Crippen molar-refractivity contribution in [3.8, 4) is 0 Å². The Hall–Kier alpha value is -1.87. The molecule has 2 aliphatic heterocycles. The number of para-hydroxylation sites is 1. The van der Waals surface area contributed by atoms with Gasteiger partial charge in [-0.25, -0.2) is 4.98 Å². The predicted molar refractivity (Wildman–Crippen MR) is 108 cm³/mol. The molecule has 3 heterocycles. The van der Waals surface area contributed by atoms with Crippen LogP contribution in [0, 0.1) is 0 Å². The Morgan fingerprint density at radius 3 is 2.59 bits per heavy atom. The zero-order chi connectivity index (χ0) is 19.0. The molecule has 0 atom stereocenters. The van der Waals surface area contributed by atoms with Gasteiger partial charge in [0.2, 0.25) is 0 Å². The van der Waals surface area contributed by atoms with Gasteiger partial charge in [-0.15, -0.1) is 4.40 Å². The highest BCUT2D eigenvalue weighted by Crippen LogP contribution is 2.28. The fourth-order valence-corrected chi connectivity index (χ4v) is 4.84. The summed E-state index contributed by atoms with van der Waals surface area (Å²) in [5.74, 6) is 1.15. The Bertz CT molecular complexity index is 1000. The number of anilines is 2. The molecule has 1 N–H and O–H groups in total. The monoisotopic (exact) mass is 425 g/mol. The van der Waals surface area contributed by atoms with Crippen LogP contribution in [0.3, 0.4) is 0 Å². The third-order valence-electron chi connectivity index (χ3n) is 4.51. The molecule has 1 saturated heterocycles. The molecule has 0 spiro atoms. The predicted octanol–water partition coefficient (Wildman–Crippen LogP) is 2.72. The van der Waals surface area contributed by atoms with Crippen molar-refractivity contribution in [2.75, 3.05) is 42.9 Å². The van der Waals surface area contributed by atoms with Crippen LogP contribution < -0.4 is 10.2 Å². The summed E-state index contributed by atoms with van der Waals surface area (Å²) >= 11 is 12.1. The maximum absolute atomic E-state index is 12.3. The number of benzene rings is 1. The normalized spacial score (nSPS) is 19.2. The first-order valence-corrected chi connectivity index (χ1v) is 10.6. The summed E-state index contributed by atoms with van der Waals surface area (Å²) in [6.45, 7) is 3.37. The number of nitrogens with one attached hydrogen (secondary N) is 1. The smallest absolute Gasteiger partial charge is 0.286 e. The molecule has 2 aromatic rings. The van der Waals surface area contributed by atoms with Crippen LogP contribution in [0.5, 0.6) is 0 Å². The Morgan fingerprint density at radius 1 is 1.11 bits per heavy atom. The molecule has 0 aliphatic carbocycles. The van der Waals surface area contributed by atoms with Gasteiger partial charge in [0.1, 0.15) is 16.5 Å². The summed E-state index contributed by atoms with van der Waals surface area (Å²) in [7, 11) is -3.66. The molecule has 2 aliphatic rings. The van der Waals surface area contributed by atoms with E-state index in [-0.39, 0.29) is 4.90 Å². The quantitative estimate of drug-likeness (QED) is 0.814. The van der Waals surface area contributed by atoms with E-state index in [1.807, 2.05) is 0 Å². The number of hydrogen-bond acceptors (Lipinski definition) is 6. The molecule has 0 radical (unpaired) electrons. The standard InChI is InChI=1S/C17H17Cl2N5O2S/c18-12-9-13(19)17(20-10-12)24-7-5-23(6-8-24)11-16-21-14-3-1-2-4-15(14)27(25,26)22-16/h1-4,9-10H,5-8,11H2,(H,21,22). The maximum Gasteiger partial charge on any atom is 0.286 e. The highest BCUT2D eigenvalue weighted by Gasteiger charge is 2.27. The van der Waals surface area contributed by atoms with Crippen LogP contribution in [0.4, 0.5) is 11.5 Å². The molecule has 1 fully saturated rings. The van der Waals surface area contributed by atoms with Crippen LogP contribution in [-0.4, -0.2) is 56.9 Å². The van der Waals surface area contributed by atoms with Gasteiger partial charge in [0.15, 0.2) is 0 Å². The highest BCUT2D eigenvalue weighted by atomic mass is 35.5. The fourth-order valence-electron chi connectivity index (χ4n) is 3.21. The SMILES string of the molecule is O=S1(=O)N=C(CN2CCN(c3ncc(Cl)cc3Cl)CC2)Nc2ccccc21. The number of sulfonamides is 1. The highest BCUT2D eigenvalue weighted by molar-refractivity contribution is 7.90. The van der Waals surface area contributed by atoms with E-state index in [1.165, 1.54) is 0 Å². The van der Waals surface area contributed by atoms with Crippen molar-refractivity contribution < 1.29 is 8.42 Å². The van der Waals surface area contributed by atoms with Crippen molar-refractivity contribution in [2.45, 2.75) is 4.90 Å². The summed E-state index contributed by atoms with van der Waals surface area (Å²) < 4.78 is 28.6. The van der Waals surface area contributed by atoms with Crippen LogP contribution in [0.25, 0.3) is 0 Å². The van der Waals surface area contributed by atoms with Crippen LogP contribution in [0.2, 0.25) is 10.0 Å². The molecule has 0 amide bonds. The molecule has 0 saturated carbocycles. The lowest BCUT2D eigenvalue weighted by Crippen LogP contribution is -2.49. The number of hydrogen-bond donors (Lipinski definition) is 1. The first-order chi connectivity index (χ1) is 12.9. The maximum atomic E-state index is 12.3. The number of halogens is 2. The van der Waals surface area contributed by atoms with Gasteiger partial charge >= 0.3 is 0 Å². The summed E-state index contributed by atoms with van der Waals surface area (Å²) in [6.07, 6.45) is 1.58. The van der Waals surface area contributed by atoms with Crippen molar-refractivity contribution in [3.05, 3.63) is 46.6 Å². The number of pyridine rings is 1. The lowest BCUT2D eigenvalue weighted by Gasteiger charge is -2.36. The Balaban J connectivity index is 1.42. The van der Waals surface area contributed by atoms with E-state index in [0.29, 0.717) is 33.9 Å². The summed E-state index contributed by atoms with van der Waals surface area (Å²) in [5, 5.41) is 4.16. The van der Waals surface area contributed by atoms with E-state index in [2.05, 4.69) is 24.5 Å². The lowest BCUT2D eigenvalue weighted by molar-refractivity contribution is 0.291. The van der Waals surface area contributed by atoms with Gasteiger partial charge < -0.3 is 10.2 Å². The number of nitrogens with zero attached hydrogens (tertiary/aromatic N) is 4. The largest absolute Gasteiger partial charge is 0.353 e. The second kappa shape index (κ2) is 7.27. The molecule has 10 heteroatoms. The van der Waals surface area contributed by atoms with Crippen LogP contribution in [-0.2, 0) is 10.0 Å². The number of aromatic nitrogens is 1. The molecule has 7 nitrogen and oxygen atoms in total. The molecule has 1 aromatic carbocycles. The van der Waals surface area contributed by atoms with Gasteiger partial charge in [0.25, 0.3) is 10.0 Å². The van der Waals surface area contributed by atoms with E-state index >= 15 is 0 Å². The van der Waals surface area contributed by atoms with Crippen LogP contribution >= 0.6 is 23.2 Å². The van der Waals surface area contributed by atoms with Gasteiger partial charge in [-0.1, -0.05) is 35.3 Å². The molecular formula is C17H17Cl2N5O2S. The lowest BCUT2D eigenvalue weighted by atomic mass is 10.2. The first kappa shape index (κ1) is 18.5. The van der Waals surface area contributed by atoms with E-state index in [9.17, 15) is 8.42 Å². The number of rotatable bonds is 3. The molecular weight excluding hydrogens is 409 g/mol. The minimum Gasteiger partial charge on any atom is -0.353 e. The number of fused-ring (bicyclic) bond motifs is 1. The van der Waals surface area contributed by atoms with Crippen molar-refractivity contribution in [2.24, 2.45) is 4.40 Å². The number of amidine groups is 1. The minimum atomic E-state index is -3.66. The summed E-state index contributed by atoms with van der Waals surface area (Å²) in [5.41, 5.74) is 0.568. The van der Waals surface area contributed by atoms with Crippen molar-refractivity contribution in [3.63, 3.8) is 0 Å². The zero-order valence-corrected chi connectivity index (χ0v) is 16.6. The second-order valence-corrected chi connectivity index (χ2v) is 8.77. The van der Waals surface area contributed by atoms with E-state index < -0.39 is 10.0 Å². The van der Waals surface area contributed by atoms with Gasteiger partial charge in [0, 0.05) is 32.4 Å². The van der Waals surface area contributed by atoms with Crippen molar-refractivity contribution in [1.29, 1.82) is 0 Å². The fraction of sp³-hybridized carbons (Fsp3) is 0.294. The first-order valence-electron chi connectivity index (χ1n) is 8.41. The average molecular weight is 426 g/mol. The van der Waals surface area contributed by atoms with E-state index in [4.69, 9.17) is 23.2 Å². The van der Waals surface area contributed by atoms with Crippen molar-refractivity contribution >= 4 is 50.6 Å². The third kappa shape index (κ3) is 3.89.